The molecule has 2 aromatic rings. The van der Waals surface area contributed by atoms with E-state index >= 15 is 0 Å². The van der Waals surface area contributed by atoms with Crippen molar-refractivity contribution < 1.29 is 14.0 Å². The number of hydrogen-bond donors (Lipinski definition) is 1. The van der Waals surface area contributed by atoms with Crippen LogP contribution in [-0.2, 0) is 23.1 Å². The highest BCUT2D eigenvalue weighted by Gasteiger charge is 2.29. The molecule has 0 aliphatic carbocycles. The van der Waals surface area contributed by atoms with Gasteiger partial charge in [0.15, 0.2) is 0 Å². The van der Waals surface area contributed by atoms with Crippen LogP contribution in [0.15, 0.2) is 36.7 Å². The number of aryl methyl sites for hydroxylation is 1. The Balaban J connectivity index is 0.00000280. The maximum Gasteiger partial charge on any atom is 0.244 e. The lowest BCUT2D eigenvalue weighted by Gasteiger charge is -2.36. The Morgan fingerprint density at radius 2 is 1.82 bits per heavy atom. The molecule has 2 amide bonds. The van der Waals surface area contributed by atoms with Crippen molar-refractivity contribution in [3.05, 3.63) is 53.6 Å². The fourth-order valence-electron chi connectivity index (χ4n) is 3.30. The molecule has 1 fully saturated rings. The van der Waals surface area contributed by atoms with Gasteiger partial charge in [-0.15, -0.1) is 12.4 Å². The molecule has 2 heterocycles. The number of nitrogens with one attached hydrogen (secondary N) is 1. The quantitative estimate of drug-likeness (QED) is 0.804. The van der Waals surface area contributed by atoms with Crippen molar-refractivity contribution in [3.63, 3.8) is 0 Å². The third-order valence-electron chi connectivity index (χ3n) is 4.84. The number of likely N-dealkylation sites (N-methyl/N-ethyl adjacent to an activating group) is 1. The van der Waals surface area contributed by atoms with Gasteiger partial charge in [-0.25, -0.2) is 4.39 Å². The summed E-state index contributed by atoms with van der Waals surface area (Å²) in [5, 5.41) is 7.15. The molecule has 28 heavy (non-hydrogen) atoms. The largest absolute Gasteiger partial charge is 0.339 e. The summed E-state index contributed by atoms with van der Waals surface area (Å²) in [4.78, 5) is 28.7. The van der Waals surface area contributed by atoms with Crippen molar-refractivity contribution in [1.29, 1.82) is 0 Å². The number of carbonyl (C=O) groups excluding carboxylic acids is 2. The first-order chi connectivity index (χ1) is 13.0. The van der Waals surface area contributed by atoms with Crippen LogP contribution in [0.3, 0.4) is 0 Å². The summed E-state index contributed by atoms with van der Waals surface area (Å²) < 4.78 is 15.4. The van der Waals surface area contributed by atoms with Gasteiger partial charge < -0.3 is 15.1 Å². The van der Waals surface area contributed by atoms with Crippen LogP contribution in [0.4, 0.5) is 4.39 Å². The van der Waals surface area contributed by atoms with Gasteiger partial charge in [-0.1, -0.05) is 18.2 Å². The standard InChI is InChI=1S/C19H24FN5O2.ClH/c1-21-18(15-12-22-23(2)13-15)19(27)25-9-7-24(8-10-25)17(26)11-14-5-3-4-6-16(14)20;/h3-6,12-13,18,21H,7-11H2,1-2H3;1H. The molecule has 9 heteroatoms. The SMILES string of the molecule is CNC(C(=O)N1CCN(C(=O)Cc2ccccc2F)CC1)c1cnn(C)c1.Cl. The Bertz CT molecular complexity index is 820. The average molecular weight is 410 g/mol. The summed E-state index contributed by atoms with van der Waals surface area (Å²) in [6.45, 7) is 1.81. The Morgan fingerprint density at radius 1 is 1.18 bits per heavy atom. The Morgan fingerprint density at radius 3 is 2.39 bits per heavy atom. The second-order valence-electron chi connectivity index (χ2n) is 6.64. The summed E-state index contributed by atoms with van der Waals surface area (Å²) in [6.07, 6.45) is 3.52. The van der Waals surface area contributed by atoms with E-state index in [1.807, 2.05) is 6.20 Å². The highest BCUT2D eigenvalue weighted by molar-refractivity contribution is 5.85. The Hall–Kier alpha value is -2.45. The van der Waals surface area contributed by atoms with Crippen molar-refractivity contribution in [2.45, 2.75) is 12.5 Å². The number of nitrogens with zero attached hydrogens (tertiary/aromatic N) is 4. The van der Waals surface area contributed by atoms with Crippen LogP contribution in [0.2, 0.25) is 0 Å². The molecular formula is C19H25ClFN5O2. The molecule has 0 bridgehead atoms. The van der Waals surface area contributed by atoms with E-state index in [0.29, 0.717) is 31.7 Å². The first-order valence-electron chi connectivity index (χ1n) is 8.95. The lowest BCUT2D eigenvalue weighted by molar-refractivity contribution is -0.140. The molecule has 152 valence electrons. The fourth-order valence-corrected chi connectivity index (χ4v) is 3.30. The van der Waals surface area contributed by atoms with Gasteiger partial charge in [-0.2, -0.15) is 5.10 Å². The zero-order chi connectivity index (χ0) is 19.4. The molecule has 7 nitrogen and oxygen atoms in total. The maximum absolute atomic E-state index is 13.7. The number of benzene rings is 1. The van der Waals surface area contributed by atoms with Crippen LogP contribution in [0, 0.1) is 5.82 Å². The van der Waals surface area contributed by atoms with Gasteiger partial charge in [0.05, 0.1) is 12.6 Å². The molecule has 0 radical (unpaired) electrons. The monoisotopic (exact) mass is 409 g/mol. The second kappa shape index (κ2) is 9.66. The van der Waals surface area contributed by atoms with Gasteiger partial charge in [-0.3, -0.25) is 14.3 Å². The van der Waals surface area contributed by atoms with Crippen LogP contribution in [0.25, 0.3) is 0 Å². The highest BCUT2D eigenvalue weighted by atomic mass is 35.5. The topological polar surface area (TPSA) is 70.5 Å². The van der Waals surface area contributed by atoms with E-state index in [4.69, 9.17) is 0 Å². The number of aromatic nitrogens is 2. The predicted molar refractivity (Wildman–Crippen MR) is 106 cm³/mol. The third kappa shape index (κ3) is 4.88. The van der Waals surface area contributed by atoms with Gasteiger partial charge in [0.1, 0.15) is 11.9 Å². The van der Waals surface area contributed by atoms with Gasteiger partial charge >= 0.3 is 0 Å². The Labute approximate surface area is 169 Å². The number of rotatable bonds is 5. The van der Waals surface area contributed by atoms with Gasteiger partial charge in [-0.05, 0) is 18.7 Å². The first-order valence-corrected chi connectivity index (χ1v) is 8.95. The smallest absolute Gasteiger partial charge is 0.244 e. The van der Waals surface area contributed by atoms with Crippen LogP contribution in [0.1, 0.15) is 17.2 Å². The summed E-state index contributed by atoms with van der Waals surface area (Å²) in [6, 6.07) is 5.85. The maximum atomic E-state index is 13.7. The Kier molecular flexibility index (Phi) is 7.53. The number of piperazine rings is 1. The molecule has 1 aliphatic rings. The van der Waals surface area contributed by atoms with Crippen molar-refractivity contribution in [3.8, 4) is 0 Å². The summed E-state index contributed by atoms with van der Waals surface area (Å²) in [5.74, 6) is -0.524. The fraction of sp³-hybridized carbons (Fsp3) is 0.421. The minimum atomic E-state index is -0.459. The number of halogens is 2. The number of amides is 2. The van der Waals surface area contributed by atoms with E-state index in [9.17, 15) is 14.0 Å². The normalized spacial score (nSPS) is 15.1. The van der Waals surface area contributed by atoms with Gasteiger partial charge in [0.25, 0.3) is 0 Å². The first kappa shape index (κ1) is 21.8. The molecule has 1 N–H and O–H groups in total. The van der Waals surface area contributed by atoms with Crippen LogP contribution < -0.4 is 5.32 Å². The van der Waals surface area contributed by atoms with E-state index in [1.54, 1.807) is 53.0 Å². The van der Waals surface area contributed by atoms with E-state index in [0.717, 1.165) is 5.56 Å². The van der Waals surface area contributed by atoms with Gasteiger partial charge in [0.2, 0.25) is 11.8 Å². The molecular weight excluding hydrogens is 385 g/mol. The second-order valence-corrected chi connectivity index (χ2v) is 6.64. The predicted octanol–water partition coefficient (Wildman–Crippen LogP) is 1.16. The van der Waals surface area contributed by atoms with Crippen molar-refractivity contribution >= 4 is 24.2 Å². The van der Waals surface area contributed by atoms with E-state index in [2.05, 4.69) is 10.4 Å². The molecule has 1 aromatic heterocycles. The third-order valence-corrected chi connectivity index (χ3v) is 4.84. The molecule has 1 unspecified atom stereocenters. The van der Waals surface area contributed by atoms with Crippen LogP contribution >= 0.6 is 12.4 Å². The lowest BCUT2D eigenvalue weighted by atomic mass is 10.1. The molecule has 3 rings (SSSR count). The van der Waals surface area contributed by atoms with Crippen molar-refractivity contribution in [1.82, 2.24) is 24.9 Å². The summed E-state index contributed by atoms with van der Waals surface area (Å²) in [5.41, 5.74) is 1.20. The lowest BCUT2D eigenvalue weighted by Crippen LogP contribution is -2.53. The van der Waals surface area contributed by atoms with E-state index in [1.165, 1.54) is 6.07 Å². The molecule has 1 aliphatic heterocycles. The van der Waals surface area contributed by atoms with E-state index < -0.39 is 6.04 Å². The summed E-state index contributed by atoms with van der Waals surface area (Å²) in [7, 11) is 3.55. The summed E-state index contributed by atoms with van der Waals surface area (Å²) >= 11 is 0. The minimum absolute atomic E-state index is 0. The molecule has 1 atom stereocenters. The van der Waals surface area contributed by atoms with Crippen LogP contribution in [-0.4, -0.2) is 64.6 Å². The van der Waals surface area contributed by atoms with Crippen molar-refractivity contribution in [2.75, 3.05) is 33.2 Å². The highest BCUT2D eigenvalue weighted by Crippen LogP contribution is 2.17. The zero-order valence-corrected chi connectivity index (χ0v) is 16.8. The van der Waals surface area contributed by atoms with E-state index in [-0.39, 0.29) is 36.5 Å². The molecule has 0 saturated carbocycles. The number of carbonyl (C=O) groups is 2. The minimum Gasteiger partial charge on any atom is -0.339 e. The molecule has 1 saturated heterocycles. The number of hydrogen-bond acceptors (Lipinski definition) is 4. The molecule has 0 spiro atoms. The average Bonchev–Trinajstić information content (AvgIpc) is 3.10. The zero-order valence-electron chi connectivity index (χ0n) is 16.0. The van der Waals surface area contributed by atoms with Crippen LogP contribution in [0.5, 0.6) is 0 Å². The van der Waals surface area contributed by atoms with Crippen molar-refractivity contribution in [2.24, 2.45) is 7.05 Å². The molecule has 1 aromatic carbocycles. The van der Waals surface area contributed by atoms with Gasteiger partial charge in [0, 0.05) is 45.0 Å².